The van der Waals surface area contributed by atoms with Crippen LogP contribution in [0.1, 0.15) is 47.0 Å². The number of carbonyl (C=O) groups is 2. The average molecular weight is 351 g/mol. The second-order valence-corrected chi connectivity index (χ2v) is 8.03. The van der Waals surface area contributed by atoms with Crippen molar-refractivity contribution in [2.45, 2.75) is 65.4 Å². The predicted octanol–water partition coefficient (Wildman–Crippen LogP) is 0.863. The molecule has 0 aromatic rings. The first-order valence-electron chi connectivity index (χ1n) is 7.53. The van der Waals surface area contributed by atoms with Crippen LogP contribution in [-0.4, -0.2) is 49.0 Å². The van der Waals surface area contributed by atoms with Crippen LogP contribution in [0.5, 0.6) is 0 Å². The fourth-order valence-corrected chi connectivity index (χ4v) is 3.24. The van der Waals surface area contributed by atoms with Gasteiger partial charge in [-0.15, -0.1) is 0 Å². The van der Waals surface area contributed by atoms with Crippen LogP contribution in [0.2, 0.25) is 0 Å². The summed E-state index contributed by atoms with van der Waals surface area (Å²) in [4.78, 5) is 23.2. The number of ether oxygens (including phenoxy) is 2. The zero-order chi connectivity index (χ0) is 17.8. The van der Waals surface area contributed by atoms with Crippen LogP contribution in [-0.2, 0) is 29.2 Å². The van der Waals surface area contributed by atoms with E-state index in [2.05, 4.69) is 5.32 Å². The van der Waals surface area contributed by atoms with Gasteiger partial charge in [0.1, 0.15) is 0 Å². The zero-order valence-corrected chi connectivity index (χ0v) is 14.7. The van der Waals surface area contributed by atoms with Crippen LogP contribution < -0.4 is 5.32 Å². The summed E-state index contributed by atoms with van der Waals surface area (Å²) in [6.07, 6.45) is -0.478. The molecule has 0 spiro atoms. The second-order valence-electron chi connectivity index (χ2n) is 6.46. The highest BCUT2D eigenvalue weighted by Crippen LogP contribution is 2.35. The molecule has 1 aliphatic heterocycles. The van der Waals surface area contributed by atoms with Crippen LogP contribution in [0.3, 0.4) is 0 Å². The number of hydrogen-bond acceptors (Lipinski definition) is 6. The highest BCUT2D eigenvalue weighted by molar-refractivity contribution is 7.85. The van der Waals surface area contributed by atoms with Gasteiger partial charge in [-0.05, 0) is 12.8 Å². The molecule has 1 rings (SSSR count). The molecule has 2 unspecified atom stereocenters. The molecule has 0 aromatic carbocycles. The molecule has 1 heterocycles. The smallest absolute Gasteiger partial charge is 0.338 e. The molecular weight excluding hydrogens is 326 g/mol. The molecule has 0 radical (unpaired) electrons. The van der Waals surface area contributed by atoms with Gasteiger partial charge in [0, 0.05) is 24.8 Å². The molecule has 2 N–H and O–H groups in total. The van der Waals surface area contributed by atoms with Crippen molar-refractivity contribution in [3.63, 3.8) is 0 Å². The Hall–Kier alpha value is -1.19. The first-order chi connectivity index (χ1) is 10.4. The third kappa shape index (κ3) is 6.44. The molecule has 1 aliphatic rings. The summed E-state index contributed by atoms with van der Waals surface area (Å²) >= 11 is 0. The molecule has 9 heteroatoms. The van der Waals surface area contributed by atoms with Gasteiger partial charge in [0.05, 0.1) is 5.75 Å². The molecule has 0 aromatic heterocycles. The Bertz CT molecular complexity index is 543. The number of amides is 1. The van der Waals surface area contributed by atoms with Gasteiger partial charge in [0.2, 0.25) is 12.2 Å². The quantitative estimate of drug-likeness (QED) is 0.492. The maximum absolute atomic E-state index is 11.9. The summed E-state index contributed by atoms with van der Waals surface area (Å²) in [5.41, 5.74) is -0.673. The summed E-state index contributed by atoms with van der Waals surface area (Å²) in [5.74, 6) is -1.25. The van der Waals surface area contributed by atoms with E-state index in [1.807, 2.05) is 6.92 Å². The average Bonchev–Trinajstić information content (AvgIpc) is 2.76. The van der Waals surface area contributed by atoms with E-state index in [1.165, 1.54) is 6.92 Å². The van der Waals surface area contributed by atoms with Gasteiger partial charge in [0.15, 0.2) is 6.10 Å². The Kier molecular flexibility index (Phi) is 6.55. The lowest BCUT2D eigenvalue weighted by Gasteiger charge is -2.32. The standard InChI is InChI=1S/C14H25NO7S/c1-5-11-21-12(13(17)22-11)14(3,4)8-10(15-9(2)16)6-7-23(18,19)20/h10-12H,5-8H2,1-4H3,(H,15,16)(H,18,19,20)/t10?,11?,12-/m0/s1. The highest BCUT2D eigenvalue weighted by Gasteiger charge is 2.45. The van der Waals surface area contributed by atoms with E-state index >= 15 is 0 Å². The number of hydrogen-bond donors (Lipinski definition) is 2. The number of esters is 1. The van der Waals surface area contributed by atoms with E-state index in [0.29, 0.717) is 12.8 Å². The fourth-order valence-electron chi connectivity index (χ4n) is 2.66. The molecule has 23 heavy (non-hydrogen) atoms. The van der Waals surface area contributed by atoms with E-state index in [0.717, 1.165) is 0 Å². The zero-order valence-electron chi connectivity index (χ0n) is 13.9. The molecule has 1 amide bonds. The van der Waals surface area contributed by atoms with E-state index in [9.17, 15) is 18.0 Å². The van der Waals surface area contributed by atoms with Crippen molar-refractivity contribution >= 4 is 22.0 Å². The summed E-state index contributed by atoms with van der Waals surface area (Å²) in [6, 6.07) is -0.512. The third-order valence-corrected chi connectivity index (χ3v) is 4.45. The summed E-state index contributed by atoms with van der Waals surface area (Å²) < 4.78 is 41.4. The van der Waals surface area contributed by atoms with E-state index in [-0.39, 0.29) is 12.3 Å². The van der Waals surface area contributed by atoms with Crippen molar-refractivity contribution in [2.24, 2.45) is 5.41 Å². The minimum atomic E-state index is -4.13. The molecule has 0 aliphatic carbocycles. The number of rotatable bonds is 8. The molecule has 8 nitrogen and oxygen atoms in total. The lowest BCUT2D eigenvalue weighted by molar-refractivity contribution is -0.144. The Balaban J connectivity index is 2.79. The molecule has 0 bridgehead atoms. The minimum Gasteiger partial charge on any atom is -0.434 e. The lowest BCUT2D eigenvalue weighted by atomic mass is 9.79. The molecule has 1 saturated heterocycles. The predicted molar refractivity (Wildman–Crippen MR) is 82.1 cm³/mol. The molecule has 3 atom stereocenters. The number of cyclic esters (lactones) is 1. The number of nitrogens with one attached hydrogen (secondary N) is 1. The monoisotopic (exact) mass is 351 g/mol. The molecular formula is C14H25NO7S. The summed E-state index contributed by atoms with van der Waals surface area (Å²) in [7, 11) is -4.13. The van der Waals surface area contributed by atoms with Crippen molar-refractivity contribution < 1.29 is 32.0 Å². The maximum Gasteiger partial charge on any atom is 0.338 e. The second kappa shape index (κ2) is 7.59. The Labute approximate surface area is 136 Å². The van der Waals surface area contributed by atoms with Crippen LogP contribution in [0.4, 0.5) is 0 Å². The normalized spacial score (nSPS) is 23.4. The van der Waals surface area contributed by atoms with Crippen molar-refractivity contribution in [1.29, 1.82) is 0 Å². The van der Waals surface area contributed by atoms with Crippen LogP contribution in [0.15, 0.2) is 0 Å². The van der Waals surface area contributed by atoms with Crippen LogP contribution >= 0.6 is 0 Å². The SMILES string of the molecule is CCC1OC(=O)[C@@H](C(C)(C)CC(CCS(=O)(=O)O)NC(C)=O)O1. The third-order valence-electron chi connectivity index (χ3n) is 3.70. The van der Waals surface area contributed by atoms with Crippen LogP contribution in [0.25, 0.3) is 0 Å². The van der Waals surface area contributed by atoms with E-state index in [1.54, 1.807) is 13.8 Å². The molecule has 1 fully saturated rings. The van der Waals surface area contributed by atoms with Gasteiger partial charge < -0.3 is 14.8 Å². The maximum atomic E-state index is 11.9. The van der Waals surface area contributed by atoms with Gasteiger partial charge >= 0.3 is 5.97 Å². The van der Waals surface area contributed by atoms with Gasteiger partial charge in [-0.3, -0.25) is 9.35 Å². The lowest BCUT2D eigenvalue weighted by Crippen LogP contribution is -2.43. The van der Waals surface area contributed by atoms with Gasteiger partial charge in [-0.25, -0.2) is 4.79 Å². The van der Waals surface area contributed by atoms with Crippen molar-refractivity contribution in [3.8, 4) is 0 Å². The highest BCUT2D eigenvalue weighted by atomic mass is 32.2. The van der Waals surface area contributed by atoms with Crippen molar-refractivity contribution in [2.75, 3.05) is 5.75 Å². The summed E-state index contributed by atoms with van der Waals surface area (Å²) in [5, 5.41) is 2.65. The fraction of sp³-hybridized carbons (Fsp3) is 0.857. The van der Waals surface area contributed by atoms with Crippen molar-refractivity contribution in [3.05, 3.63) is 0 Å². The van der Waals surface area contributed by atoms with Gasteiger partial charge in [-0.2, -0.15) is 8.42 Å². The van der Waals surface area contributed by atoms with E-state index < -0.39 is 45.7 Å². The Morgan fingerprint density at radius 1 is 1.43 bits per heavy atom. The first kappa shape index (κ1) is 19.9. The number of carbonyl (C=O) groups excluding carboxylic acids is 2. The first-order valence-corrected chi connectivity index (χ1v) is 9.13. The van der Waals surface area contributed by atoms with Crippen LogP contribution in [0, 0.1) is 5.41 Å². The largest absolute Gasteiger partial charge is 0.434 e. The molecule has 134 valence electrons. The van der Waals surface area contributed by atoms with Gasteiger partial charge in [-0.1, -0.05) is 20.8 Å². The Morgan fingerprint density at radius 2 is 2.04 bits per heavy atom. The topological polar surface area (TPSA) is 119 Å². The Morgan fingerprint density at radius 3 is 2.48 bits per heavy atom. The van der Waals surface area contributed by atoms with E-state index in [4.69, 9.17) is 14.0 Å². The summed E-state index contributed by atoms with van der Waals surface area (Å²) in [6.45, 7) is 6.74. The van der Waals surface area contributed by atoms with Crippen molar-refractivity contribution in [1.82, 2.24) is 5.32 Å². The minimum absolute atomic E-state index is 0.0425. The molecule has 0 saturated carbocycles. The van der Waals surface area contributed by atoms with Gasteiger partial charge in [0.25, 0.3) is 10.1 Å².